The lowest BCUT2D eigenvalue weighted by atomic mass is 10.1. The molecule has 0 fully saturated rings. The molecule has 0 aliphatic carbocycles. The Bertz CT molecular complexity index is 806. The van der Waals surface area contributed by atoms with E-state index in [-0.39, 0.29) is 24.1 Å². The van der Waals surface area contributed by atoms with Gasteiger partial charge in [0.2, 0.25) is 0 Å². The highest BCUT2D eigenvalue weighted by Crippen LogP contribution is 2.06. The van der Waals surface area contributed by atoms with Crippen LogP contribution in [0.5, 0.6) is 0 Å². The third-order valence-electron chi connectivity index (χ3n) is 4.12. The van der Waals surface area contributed by atoms with E-state index < -0.39 is 0 Å². The molecule has 0 aliphatic rings. The highest BCUT2D eigenvalue weighted by atomic mass is 16.2. The largest absolute Gasteiger partial charge is 0.338 e. The van der Waals surface area contributed by atoms with Gasteiger partial charge in [0.15, 0.2) is 0 Å². The van der Waals surface area contributed by atoms with Crippen molar-refractivity contribution in [3.63, 3.8) is 0 Å². The Balaban J connectivity index is 1.81. The molecular weight excluding hydrogens is 318 g/mol. The standard InChI is InChI=1S/C18H27N5O2/c1-11(10-23-15(5)7-14(4)22-23)8-19-18(25)20-9-16-12(2)6-13(3)21-17(16)24/h6-7,11H,8-10H2,1-5H3,(H,21,24)(H2,19,20,25)/t11-/m1/s1. The zero-order valence-corrected chi connectivity index (χ0v) is 15.6. The van der Waals surface area contributed by atoms with Crippen LogP contribution in [0.2, 0.25) is 0 Å². The zero-order chi connectivity index (χ0) is 18.6. The highest BCUT2D eigenvalue weighted by molar-refractivity contribution is 5.73. The number of H-pyrrole nitrogens is 1. The monoisotopic (exact) mass is 345 g/mol. The molecule has 2 amide bonds. The predicted octanol–water partition coefficient (Wildman–Crippen LogP) is 1.94. The lowest BCUT2D eigenvalue weighted by Gasteiger charge is -2.15. The molecule has 25 heavy (non-hydrogen) atoms. The summed E-state index contributed by atoms with van der Waals surface area (Å²) in [4.78, 5) is 26.7. The maximum atomic E-state index is 12.0. The summed E-state index contributed by atoms with van der Waals surface area (Å²) in [6.45, 7) is 11.2. The number of carbonyl (C=O) groups is 1. The number of amides is 2. The van der Waals surface area contributed by atoms with Crippen molar-refractivity contribution in [3.8, 4) is 0 Å². The van der Waals surface area contributed by atoms with E-state index >= 15 is 0 Å². The van der Waals surface area contributed by atoms with Crippen molar-refractivity contribution >= 4 is 6.03 Å². The number of nitrogens with one attached hydrogen (secondary N) is 3. The first-order chi connectivity index (χ1) is 11.8. The van der Waals surface area contributed by atoms with Crippen molar-refractivity contribution in [2.45, 2.75) is 47.7 Å². The van der Waals surface area contributed by atoms with Crippen LogP contribution in [0, 0.1) is 33.6 Å². The summed E-state index contributed by atoms with van der Waals surface area (Å²) in [5, 5.41) is 10.0. The number of urea groups is 1. The fourth-order valence-corrected chi connectivity index (χ4v) is 2.82. The van der Waals surface area contributed by atoms with Crippen LogP contribution in [-0.4, -0.2) is 27.3 Å². The summed E-state index contributed by atoms with van der Waals surface area (Å²) in [6, 6.07) is 3.65. The smallest absolute Gasteiger partial charge is 0.315 e. The van der Waals surface area contributed by atoms with Crippen molar-refractivity contribution in [1.82, 2.24) is 25.4 Å². The molecule has 2 aromatic heterocycles. The first-order valence-electron chi connectivity index (χ1n) is 8.48. The summed E-state index contributed by atoms with van der Waals surface area (Å²) >= 11 is 0. The minimum Gasteiger partial charge on any atom is -0.338 e. The number of nitrogens with zero attached hydrogens (tertiary/aromatic N) is 2. The molecular formula is C18H27N5O2. The molecule has 0 saturated carbocycles. The topological polar surface area (TPSA) is 91.8 Å². The van der Waals surface area contributed by atoms with Crippen molar-refractivity contribution in [2.75, 3.05) is 6.54 Å². The average Bonchev–Trinajstić information content (AvgIpc) is 2.81. The quantitative estimate of drug-likeness (QED) is 0.747. The van der Waals surface area contributed by atoms with Gasteiger partial charge in [-0.3, -0.25) is 9.48 Å². The summed E-state index contributed by atoms with van der Waals surface area (Å²) in [7, 11) is 0. The molecule has 2 rings (SSSR count). The molecule has 7 heteroatoms. The minimum atomic E-state index is -0.278. The molecule has 2 heterocycles. The maximum Gasteiger partial charge on any atom is 0.315 e. The Morgan fingerprint density at radius 1 is 1.24 bits per heavy atom. The van der Waals surface area contributed by atoms with E-state index in [1.54, 1.807) is 0 Å². The van der Waals surface area contributed by atoms with Gasteiger partial charge in [-0.05, 0) is 51.3 Å². The van der Waals surface area contributed by atoms with E-state index in [2.05, 4.69) is 27.6 Å². The summed E-state index contributed by atoms with van der Waals surface area (Å²) in [6.07, 6.45) is 0. The predicted molar refractivity (Wildman–Crippen MR) is 97.6 cm³/mol. The molecule has 0 aromatic carbocycles. The maximum absolute atomic E-state index is 12.0. The lowest BCUT2D eigenvalue weighted by Crippen LogP contribution is -2.39. The van der Waals surface area contributed by atoms with Crippen LogP contribution in [0.25, 0.3) is 0 Å². The minimum absolute atomic E-state index is 0.157. The van der Waals surface area contributed by atoms with Gasteiger partial charge < -0.3 is 15.6 Å². The molecule has 0 radical (unpaired) electrons. The van der Waals surface area contributed by atoms with E-state index in [1.165, 1.54) is 0 Å². The SMILES string of the molecule is Cc1cc(C)n(C[C@H](C)CNC(=O)NCc2c(C)cc(C)[nH]c2=O)n1. The fourth-order valence-electron chi connectivity index (χ4n) is 2.82. The first kappa shape index (κ1) is 18.8. The number of aryl methyl sites for hydroxylation is 4. The molecule has 0 bridgehead atoms. The van der Waals surface area contributed by atoms with Gasteiger partial charge in [-0.25, -0.2) is 4.79 Å². The van der Waals surface area contributed by atoms with E-state index in [0.717, 1.165) is 29.2 Å². The number of pyridine rings is 1. The second kappa shape index (κ2) is 8.00. The molecule has 3 N–H and O–H groups in total. The van der Waals surface area contributed by atoms with E-state index in [1.807, 2.05) is 44.5 Å². The van der Waals surface area contributed by atoms with E-state index in [4.69, 9.17) is 0 Å². The van der Waals surface area contributed by atoms with E-state index in [0.29, 0.717) is 12.1 Å². The second-order valence-corrected chi connectivity index (χ2v) is 6.72. The normalized spacial score (nSPS) is 12.0. The lowest BCUT2D eigenvalue weighted by molar-refractivity contribution is 0.238. The van der Waals surface area contributed by atoms with Crippen molar-refractivity contribution < 1.29 is 4.79 Å². The molecule has 7 nitrogen and oxygen atoms in total. The van der Waals surface area contributed by atoms with Crippen LogP contribution in [0.15, 0.2) is 16.9 Å². The van der Waals surface area contributed by atoms with Crippen LogP contribution < -0.4 is 16.2 Å². The second-order valence-electron chi connectivity index (χ2n) is 6.72. The van der Waals surface area contributed by atoms with Crippen LogP contribution in [0.1, 0.15) is 35.1 Å². The van der Waals surface area contributed by atoms with Gasteiger partial charge in [0.25, 0.3) is 5.56 Å². The number of rotatable bonds is 6. The van der Waals surface area contributed by atoms with Crippen LogP contribution in [0.3, 0.4) is 0 Å². The van der Waals surface area contributed by atoms with Crippen molar-refractivity contribution in [3.05, 3.63) is 50.7 Å². The van der Waals surface area contributed by atoms with Gasteiger partial charge >= 0.3 is 6.03 Å². The van der Waals surface area contributed by atoms with Crippen LogP contribution >= 0.6 is 0 Å². The molecule has 0 aliphatic heterocycles. The molecule has 0 spiro atoms. The first-order valence-corrected chi connectivity index (χ1v) is 8.48. The average molecular weight is 345 g/mol. The number of aromatic amines is 1. The Hall–Kier alpha value is -2.57. The Kier molecular flexibility index (Phi) is 6.01. The van der Waals surface area contributed by atoms with Crippen LogP contribution in [-0.2, 0) is 13.1 Å². The summed E-state index contributed by atoms with van der Waals surface area (Å²) < 4.78 is 1.95. The number of hydrogen-bond donors (Lipinski definition) is 3. The van der Waals surface area contributed by atoms with Gasteiger partial charge in [-0.2, -0.15) is 5.10 Å². The molecule has 0 unspecified atom stereocenters. The van der Waals surface area contributed by atoms with Crippen molar-refractivity contribution in [2.24, 2.45) is 5.92 Å². The molecule has 0 saturated heterocycles. The summed E-state index contributed by atoms with van der Waals surface area (Å²) in [5.74, 6) is 0.244. The van der Waals surface area contributed by atoms with Gasteiger partial charge in [0.1, 0.15) is 0 Å². The highest BCUT2D eigenvalue weighted by Gasteiger charge is 2.10. The van der Waals surface area contributed by atoms with Crippen molar-refractivity contribution in [1.29, 1.82) is 0 Å². The van der Waals surface area contributed by atoms with E-state index in [9.17, 15) is 9.59 Å². The Labute approximate surface area is 147 Å². The molecule has 136 valence electrons. The number of carbonyl (C=O) groups excluding carboxylic acids is 1. The van der Waals surface area contributed by atoms with Crippen LogP contribution in [0.4, 0.5) is 4.79 Å². The Morgan fingerprint density at radius 3 is 2.56 bits per heavy atom. The molecule has 1 atom stereocenters. The Morgan fingerprint density at radius 2 is 1.96 bits per heavy atom. The number of hydrogen-bond acceptors (Lipinski definition) is 3. The van der Waals surface area contributed by atoms with Gasteiger partial charge in [0, 0.05) is 30.0 Å². The number of aromatic nitrogens is 3. The van der Waals surface area contributed by atoms with Gasteiger partial charge in [-0.15, -0.1) is 0 Å². The summed E-state index contributed by atoms with van der Waals surface area (Å²) in [5.41, 5.74) is 4.22. The van der Waals surface area contributed by atoms with Gasteiger partial charge in [-0.1, -0.05) is 6.92 Å². The third kappa shape index (κ3) is 5.20. The fraction of sp³-hybridized carbons (Fsp3) is 0.500. The van der Waals surface area contributed by atoms with Gasteiger partial charge in [0.05, 0.1) is 12.2 Å². The molecule has 2 aromatic rings. The third-order valence-corrected chi connectivity index (χ3v) is 4.12. The zero-order valence-electron chi connectivity index (χ0n) is 15.6.